The van der Waals surface area contributed by atoms with Gasteiger partial charge in [-0.25, -0.2) is 0 Å². The summed E-state index contributed by atoms with van der Waals surface area (Å²) in [4.78, 5) is 6.84. The van der Waals surface area contributed by atoms with Gasteiger partial charge >= 0.3 is 0 Å². The van der Waals surface area contributed by atoms with Crippen molar-refractivity contribution in [3.05, 3.63) is 23.5 Å². The molecule has 1 fully saturated rings. The summed E-state index contributed by atoms with van der Waals surface area (Å²) in [6.07, 6.45) is 8.64. The van der Waals surface area contributed by atoms with Crippen LogP contribution in [0.1, 0.15) is 43.4 Å². The number of pyridine rings is 1. The third kappa shape index (κ3) is 3.19. The molecular weight excluding hydrogens is 210 g/mol. The number of rotatable bonds is 2. The van der Waals surface area contributed by atoms with Gasteiger partial charge in [0, 0.05) is 42.8 Å². The van der Waals surface area contributed by atoms with Crippen LogP contribution in [-0.2, 0) is 6.54 Å². The summed E-state index contributed by atoms with van der Waals surface area (Å²) >= 11 is 0. The van der Waals surface area contributed by atoms with Gasteiger partial charge in [-0.2, -0.15) is 0 Å². The molecular formula is C14H23N3. The van der Waals surface area contributed by atoms with Crippen LogP contribution in [-0.4, -0.2) is 18.1 Å². The molecule has 0 amide bonds. The van der Waals surface area contributed by atoms with E-state index in [-0.39, 0.29) is 0 Å². The van der Waals surface area contributed by atoms with Crippen molar-refractivity contribution in [1.82, 2.24) is 4.98 Å². The first-order valence-corrected chi connectivity index (χ1v) is 6.72. The lowest BCUT2D eigenvalue weighted by atomic mass is 10.1. The van der Waals surface area contributed by atoms with Crippen LogP contribution in [0, 0.1) is 6.92 Å². The Balaban J connectivity index is 2.20. The van der Waals surface area contributed by atoms with E-state index >= 15 is 0 Å². The maximum atomic E-state index is 5.81. The standard InChI is InChI=1S/C14H23N3/c1-12-9-14(13(10-15)11-16-12)17-7-5-3-2-4-6-8-17/h9,11H,2-8,10,15H2,1H3. The molecule has 1 aromatic heterocycles. The zero-order chi connectivity index (χ0) is 12.1. The summed E-state index contributed by atoms with van der Waals surface area (Å²) in [7, 11) is 0. The van der Waals surface area contributed by atoms with Gasteiger partial charge in [-0.15, -0.1) is 0 Å². The van der Waals surface area contributed by atoms with Crippen molar-refractivity contribution in [1.29, 1.82) is 0 Å². The number of aromatic nitrogens is 1. The van der Waals surface area contributed by atoms with E-state index in [0.29, 0.717) is 6.54 Å². The van der Waals surface area contributed by atoms with Gasteiger partial charge in [0.2, 0.25) is 0 Å². The van der Waals surface area contributed by atoms with E-state index < -0.39 is 0 Å². The van der Waals surface area contributed by atoms with Gasteiger partial charge in [0.25, 0.3) is 0 Å². The van der Waals surface area contributed by atoms with E-state index in [1.54, 1.807) is 0 Å². The number of hydrogen-bond donors (Lipinski definition) is 1. The molecule has 1 aliphatic heterocycles. The Labute approximate surface area is 104 Å². The third-order valence-electron chi connectivity index (χ3n) is 3.52. The predicted octanol–water partition coefficient (Wildman–Crippen LogP) is 2.62. The SMILES string of the molecule is Cc1cc(N2CCCCCCC2)c(CN)cn1. The maximum absolute atomic E-state index is 5.81. The molecule has 2 rings (SSSR count). The molecule has 1 aromatic rings. The lowest BCUT2D eigenvalue weighted by Gasteiger charge is -2.28. The van der Waals surface area contributed by atoms with Crippen LogP contribution < -0.4 is 10.6 Å². The second-order valence-corrected chi connectivity index (χ2v) is 4.91. The van der Waals surface area contributed by atoms with Gasteiger partial charge < -0.3 is 10.6 Å². The monoisotopic (exact) mass is 233 g/mol. The van der Waals surface area contributed by atoms with Crippen molar-refractivity contribution >= 4 is 5.69 Å². The van der Waals surface area contributed by atoms with Gasteiger partial charge in [0.05, 0.1) is 0 Å². The van der Waals surface area contributed by atoms with E-state index in [4.69, 9.17) is 5.73 Å². The van der Waals surface area contributed by atoms with Crippen LogP contribution in [0.25, 0.3) is 0 Å². The number of hydrogen-bond acceptors (Lipinski definition) is 3. The van der Waals surface area contributed by atoms with Crippen molar-refractivity contribution in [2.75, 3.05) is 18.0 Å². The highest BCUT2D eigenvalue weighted by molar-refractivity contribution is 5.53. The summed E-state index contributed by atoms with van der Waals surface area (Å²) in [5, 5.41) is 0. The predicted molar refractivity (Wildman–Crippen MR) is 72.2 cm³/mol. The first-order valence-electron chi connectivity index (χ1n) is 6.72. The van der Waals surface area contributed by atoms with E-state index in [0.717, 1.165) is 18.8 Å². The third-order valence-corrected chi connectivity index (χ3v) is 3.52. The van der Waals surface area contributed by atoms with E-state index in [1.165, 1.54) is 43.4 Å². The summed E-state index contributed by atoms with van der Waals surface area (Å²) in [6, 6.07) is 2.18. The van der Waals surface area contributed by atoms with E-state index in [2.05, 4.69) is 16.0 Å². The highest BCUT2D eigenvalue weighted by Crippen LogP contribution is 2.23. The van der Waals surface area contributed by atoms with Crippen molar-refractivity contribution in [2.24, 2.45) is 5.73 Å². The average Bonchev–Trinajstić information content (AvgIpc) is 2.28. The van der Waals surface area contributed by atoms with Gasteiger partial charge in [-0.05, 0) is 25.8 Å². The molecule has 1 aliphatic rings. The quantitative estimate of drug-likeness (QED) is 0.854. The Kier molecular flexibility index (Phi) is 4.37. The van der Waals surface area contributed by atoms with Crippen LogP contribution in [0.2, 0.25) is 0 Å². The molecule has 2 heterocycles. The number of anilines is 1. The molecule has 2 N–H and O–H groups in total. The Bertz CT molecular complexity index is 354. The second-order valence-electron chi connectivity index (χ2n) is 4.91. The van der Waals surface area contributed by atoms with Gasteiger partial charge in [-0.1, -0.05) is 19.3 Å². The summed E-state index contributed by atoms with van der Waals surface area (Å²) in [5.74, 6) is 0. The first kappa shape index (κ1) is 12.4. The Morgan fingerprint density at radius 2 is 1.82 bits per heavy atom. The molecule has 0 spiro atoms. The molecule has 1 saturated heterocycles. The van der Waals surface area contributed by atoms with Crippen LogP contribution in [0.3, 0.4) is 0 Å². The van der Waals surface area contributed by atoms with Crippen molar-refractivity contribution in [2.45, 2.75) is 45.6 Å². The van der Waals surface area contributed by atoms with Crippen LogP contribution >= 0.6 is 0 Å². The Morgan fingerprint density at radius 1 is 1.18 bits per heavy atom. The lowest BCUT2D eigenvalue weighted by Crippen LogP contribution is -2.28. The Morgan fingerprint density at radius 3 is 2.47 bits per heavy atom. The summed E-state index contributed by atoms with van der Waals surface area (Å²) in [6.45, 7) is 4.96. The molecule has 0 aromatic carbocycles. The van der Waals surface area contributed by atoms with Crippen LogP contribution in [0.15, 0.2) is 12.3 Å². The van der Waals surface area contributed by atoms with Gasteiger partial charge in [0.1, 0.15) is 0 Å². The van der Waals surface area contributed by atoms with Crippen molar-refractivity contribution < 1.29 is 0 Å². The molecule has 0 unspecified atom stereocenters. The van der Waals surface area contributed by atoms with Crippen LogP contribution in [0.5, 0.6) is 0 Å². The molecule has 3 heteroatoms. The van der Waals surface area contributed by atoms with Crippen molar-refractivity contribution in [3.8, 4) is 0 Å². The molecule has 94 valence electrons. The average molecular weight is 233 g/mol. The van der Waals surface area contributed by atoms with E-state index in [9.17, 15) is 0 Å². The number of nitrogens with two attached hydrogens (primary N) is 1. The zero-order valence-electron chi connectivity index (χ0n) is 10.8. The summed E-state index contributed by atoms with van der Waals surface area (Å²) < 4.78 is 0. The molecule has 0 bridgehead atoms. The maximum Gasteiger partial charge on any atom is 0.0445 e. The Hall–Kier alpha value is -1.09. The zero-order valence-corrected chi connectivity index (χ0v) is 10.8. The van der Waals surface area contributed by atoms with E-state index in [1.807, 2.05) is 13.1 Å². The molecule has 0 radical (unpaired) electrons. The largest absolute Gasteiger partial charge is 0.371 e. The first-order chi connectivity index (χ1) is 8.31. The minimum Gasteiger partial charge on any atom is -0.371 e. The smallest absolute Gasteiger partial charge is 0.0445 e. The molecule has 0 atom stereocenters. The minimum absolute atomic E-state index is 0.582. The van der Waals surface area contributed by atoms with Crippen LogP contribution in [0.4, 0.5) is 5.69 Å². The lowest BCUT2D eigenvalue weighted by molar-refractivity contribution is 0.555. The molecule has 17 heavy (non-hydrogen) atoms. The summed E-state index contributed by atoms with van der Waals surface area (Å²) in [5.41, 5.74) is 9.38. The minimum atomic E-state index is 0.582. The number of aryl methyl sites for hydroxylation is 1. The highest BCUT2D eigenvalue weighted by Gasteiger charge is 2.12. The number of nitrogens with zero attached hydrogens (tertiary/aromatic N) is 2. The van der Waals surface area contributed by atoms with Gasteiger partial charge in [0.15, 0.2) is 0 Å². The van der Waals surface area contributed by atoms with Gasteiger partial charge in [-0.3, -0.25) is 4.98 Å². The topological polar surface area (TPSA) is 42.1 Å². The molecule has 3 nitrogen and oxygen atoms in total. The highest BCUT2D eigenvalue weighted by atomic mass is 15.1. The molecule has 0 saturated carbocycles. The fourth-order valence-electron chi connectivity index (χ4n) is 2.51. The van der Waals surface area contributed by atoms with Crippen molar-refractivity contribution in [3.63, 3.8) is 0 Å². The normalized spacial score (nSPS) is 17.6. The fraction of sp³-hybridized carbons (Fsp3) is 0.643. The fourth-order valence-corrected chi connectivity index (χ4v) is 2.51. The second kappa shape index (κ2) is 6.01. The molecule has 0 aliphatic carbocycles.